The van der Waals surface area contributed by atoms with Crippen LogP contribution in [0.4, 0.5) is 13.2 Å². The first kappa shape index (κ1) is 20.9. The molecule has 0 bridgehead atoms. The number of rotatable bonds is 6. The highest BCUT2D eigenvalue weighted by molar-refractivity contribution is 14.0. The molecule has 4 nitrogen and oxygen atoms in total. The van der Waals surface area contributed by atoms with Gasteiger partial charge in [0.1, 0.15) is 5.75 Å². The summed E-state index contributed by atoms with van der Waals surface area (Å²) in [6.07, 6.45) is -3.02. The predicted octanol–water partition coefficient (Wildman–Crippen LogP) is 3.46. The molecule has 0 heterocycles. The molecular weight excluding hydrogens is 434 g/mol. The van der Waals surface area contributed by atoms with Crippen LogP contribution in [0.1, 0.15) is 24.8 Å². The van der Waals surface area contributed by atoms with E-state index in [9.17, 15) is 13.2 Å². The summed E-state index contributed by atoms with van der Waals surface area (Å²) < 4.78 is 42.0. The number of para-hydroxylation sites is 1. The third kappa shape index (κ3) is 5.71. The Morgan fingerprint density at radius 2 is 1.92 bits per heavy atom. The number of benzene rings is 1. The minimum Gasteiger partial charge on any atom is -0.496 e. The number of nitrogens with one attached hydrogen (secondary N) is 2. The van der Waals surface area contributed by atoms with Crippen LogP contribution in [-0.2, 0) is 5.41 Å². The van der Waals surface area contributed by atoms with E-state index >= 15 is 0 Å². The van der Waals surface area contributed by atoms with E-state index in [1.54, 1.807) is 14.2 Å². The number of nitrogens with zero attached hydrogens (tertiary/aromatic N) is 1. The molecule has 0 aromatic heterocycles. The smallest absolute Gasteiger partial charge is 0.390 e. The summed E-state index contributed by atoms with van der Waals surface area (Å²) in [6, 6.07) is 7.84. The van der Waals surface area contributed by atoms with Crippen molar-refractivity contribution in [3.05, 3.63) is 29.8 Å². The number of hydrogen-bond acceptors (Lipinski definition) is 2. The molecule has 1 fully saturated rings. The summed E-state index contributed by atoms with van der Waals surface area (Å²) in [5.41, 5.74) is 1.09. The van der Waals surface area contributed by atoms with E-state index in [0.29, 0.717) is 12.5 Å². The maximum absolute atomic E-state index is 12.2. The van der Waals surface area contributed by atoms with Gasteiger partial charge in [-0.05, 0) is 18.9 Å². The quantitative estimate of drug-likeness (QED) is 0.391. The second kappa shape index (κ2) is 8.77. The van der Waals surface area contributed by atoms with Gasteiger partial charge in [-0.1, -0.05) is 18.2 Å². The summed E-state index contributed by atoms with van der Waals surface area (Å²) in [6.45, 7) is 0.421. The van der Waals surface area contributed by atoms with E-state index in [-0.39, 0.29) is 35.9 Å². The summed E-state index contributed by atoms with van der Waals surface area (Å²) in [4.78, 5) is 3.97. The van der Waals surface area contributed by atoms with Crippen molar-refractivity contribution in [2.24, 2.45) is 4.99 Å². The fourth-order valence-corrected chi connectivity index (χ4v) is 2.57. The summed E-state index contributed by atoms with van der Waals surface area (Å²) in [7, 11) is 3.19. The van der Waals surface area contributed by atoms with E-state index < -0.39 is 12.6 Å². The zero-order chi connectivity index (χ0) is 16.9. The van der Waals surface area contributed by atoms with Crippen LogP contribution in [0, 0.1) is 0 Å². The molecule has 2 N–H and O–H groups in total. The van der Waals surface area contributed by atoms with E-state index in [0.717, 1.165) is 24.2 Å². The van der Waals surface area contributed by atoms with Crippen LogP contribution in [0.2, 0.25) is 0 Å². The van der Waals surface area contributed by atoms with Crippen molar-refractivity contribution in [3.8, 4) is 5.75 Å². The van der Waals surface area contributed by atoms with E-state index in [1.165, 1.54) is 0 Å². The lowest BCUT2D eigenvalue weighted by Gasteiger charge is -2.21. The van der Waals surface area contributed by atoms with Crippen molar-refractivity contribution < 1.29 is 17.9 Å². The maximum Gasteiger partial charge on any atom is 0.390 e. The number of hydrogen-bond donors (Lipinski definition) is 2. The van der Waals surface area contributed by atoms with Gasteiger partial charge >= 0.3 is 6.18 Å². The SMILES string of the molecule is CN=C(NCCC(F)(F)F)NCC1(c2ccccc2OC)CC1.I. The molecule has 1 aliphatic rings. The van der Waals surface area contributed by atoms with Gasteiger partial charge in [0, 0.05) is 31.1 Å². The molecule has 0 amide bonds. The lowest BCUT2D eigenvalue weighted by atomic mass is 9.95. The zero-order valence-electron chi connectivity index (χ0n) is 13.7. The molecule has 0 atom stereocenters. The number of halogens is 4. The first-order valence-electron chi connectivity index (χ1n) is 7.55. The second-order valence-electron chi connectivity index (χ2n) is 5.70. The molecular formula is C16H23F3IN3O. The van der Waals surface area contributed by atoms with Gasteiger partial charge in [-0.25, -0.2) is 0 Å². The topological polar surface area (TPSA) is 45.7 Å². The Hall–Kier alpha value is -1.19. The van der Waals surface area contributed by atoms with Gasteiger partial charge in [-0.3, -0.25) is 4.99 Å². The van der Waals surface area contributed by atoms with Gasteiger partial charge in [-0.15, -0.1) is 24.0 Å². The largest absolute Gasteiger partial charge is 0.496 e. The van der Waals surface area contributed by atoms with Crippen molar-refractivity contribution >= 4 is 29.9 Å². The van der Waals surface area contributed by atoms with Gasteiger partial charge in [0.2, 0.25) is 0 Å². The summed E-state index contributed by atoms with van der Waals surface area (Å²) in [5.74, 6) is 1.22. The molecule has 0 aliphatic heterocycles. The first-order valence-corrected chi connectivity index (χ1v) is 7.55. The van der Waals surface area contributed by atoms with Gasteiger partial charge in [-0.2, -0.15) is 13.2 Å². The molecule has 0 unspecified atom stereocenters. The average Bonchev–Trinajstić information content (AvgIpc) is 3.30. The Labute approximate surface area is 157 Å². The third-order valence-corrected chi connectivity index (χ3v) is 4.05. The average molecular weight is 457 g/mol. The molecule has 136 valence electrons. The lowest BCUT2D eigenvalue weighted by Crippen LogP contribution is -2.42. The molecule has 2 rings (SSSR count). The third-order valence-electron chi connectivity index (χ3n) is 4.05. The summed E-state index contributed by atoms with van der Waals surface area (Å²) >= 11 is 0. The van der Waals surface area contributed by atoms with Crippen LogP contribution in [0.15, 0.2) is 29.3 Å². The van der Waals surface area contributed by atoms with Crippen molar-refractivity contribution in [1.29, 1.82) is 0 Å². The normalized spacial score (nSPS) is 16.1. The highest BCUT2D eigenvalue weighted by Gasteiger charge is 2.46. The molecule has 0 radical (unpaired) electrons. The molecule has 24 heavy (non-hydrogen) atoms. The van der Waals surface area contributed by atoms with E-state index in [1.807, 2.05) is 24.3 Å². The first-order chi connectivity index (χ1) is 10.9. The minimum atomic E-state index is -4.17. The van der Waals surface area contributed by atoms with Crippen LogP contribution >= 0.6 is 24.0 Å². The van der Waals surface area contributed by atoms with Crippen molar-refractivity contribution in [3.63, 3.8) is 0 Å². The van der Waals surface area contributed by atoms with Gasteiger partial charge in [0.15, 0.2) is 5.96 Å². The van der Waals surface area contributed by atoms with Crippen LogP contribution in [0.5, 0.6) is 5.75 Å². The lowest BCUT2D eigenvalue weighted by molar-refractivity contribution is -0.132. The van der Waals surface area contributed by atoms with Gasteiger partial charge in [0.05, 0.1) is 13.5 Å². The monoisotopic (exact) mass is 457 g/mol. The zero-order valence-corrected chi connectivity index (χ0v) is 16.1. The van der Waals surface area contributed by atoms with Crippen LogP contribution in [0.25, 0.3) is 0 Å². The Morgan fingerprint density at radius 1 is 1.25 bits per heavy atom. The number of methoxy groups -OCH3 is 1. The number of ether oxygens (including phenoxy) is 1. The van der Waals surface area contributed by atoms with Crippen LogP contribution in [-0.4, -0.2) is 39.4 Å². The van der Waals surface area contributed by atoms with Crippen LogP contribution in [0.3, 0.4) is 0 Å². The Bertz CT molecular complexity index is 560. The standard InChI is InChI=1S/C16H22F3N3O.HI/c1-20-14(21-10-9-16(17,18)19)22-11-15(7-8-15)12-5-3-4-6-13(12)23-2;/h3-6H,7-11H2,1-2H3,(H2,20,21,22);1H. The fraction of sp³-hybridized carbons (Fsp3) is 0.562. The van der Waals surface area contributed by atoms with Crippen molar-refractivity contribution in [2.45, 2.75) is 30.9 Å². The highest BCUT2D eigenvalue weighted by atomic mass is 127. The number of aliphatic imine (C=N–C) groups is 1. The number of guanidine groups is 1. The molecule has 0 spiro atoms. The number of alkyl halides is 3. The minimum absolute atomic E-state index is 0. The molecule has 1 aromatic rings. The van der Waals surface area contributed by atoms with Crippen molar-refractivity contribution in [2.75, 3.05) is 27.2 Å². The maximum atomic E-state index is 12.2. The molecule has 0 saturated heterocycles. The highest BCUT2D eigenvalue weighted by Crippen LogP contribution is 2.50. The second-order valence-corrected chi connectivity index (χ2v) is 5.70. The Morgan fingerprint density at radius 3 is 2.46 bits per heavy atom. The summed E-state index contributed by atoms with van der Waals surface area (Å²) in [5, 5.41) is 5.82. The molecule has 1 aromatic carbocycles. The molecule has 1 saturated carbocycles. The van der Waals surface area contributed by atoms with Gasteiger partial charge < -0.3 is 15.4 Å². The molecule has 8 heteroatoms. The van der Waals surface area contributed by atoms with Crippen LogP contribution < -0.4 is 15.4 Å². The fourth-order valence-electron chi connectivity index (χ4n) is 2.57. The van der Waals surface area contributed by atoms with E-state index in [2.05, 4.69) is 15.6 Å². The van der Waals surface area contributed by atoms with Gasteiger partial charge in [0.25, 0.3) is 0 Å². The predicted molar refractivity (Wildman–Crippen MR) is 99.4 cm³/mol. The van der Waals surface area contributed by atoms with E-state index in [4.69, 9.17) is 4.74 Å². The van der Waals surface area contributed by atoms with Crippen molar-refractivity contribution in [1.82, 2.24) is 10.6 Å². The Kier molecular flexibility index (Phi) is 7.62. The Balaban J connectivity index is 0.00000288. The molecule has 1 aliphatic carbocycles.